The summed E-state index contributed by atoms with van der Waals surface area (Å²) in [6, 6.07) is 13.9. The number of rotatable bonds is 0. The lowest BCUT2D eigenvalue weighted by atomic mass is 10.1. The van der Waals surface area contributed by atoms with Crippen molar-refractivity contribution < 1.29 is 14.3 Å². The molecule has 0 aliphatic carbocycles. The minimum absolute atomic E-state index is 0.379. The van der Waals surface area contributed by atoms with Crippen molar-refractivity contribution >= 4 is 17.0 Å². The second kappa shape index (κ2) is 6.43. The molecule has 1 aliphatic rings. The number of carbonyl (C=O) groups excluding carboxylic acids is 1. The molecule has 0 spiro atoms. The Hall–Kier alpha value is -2.79. The van der Waals surface area contributed by atoms with E-state index in [1.54, 1.807) is 4.57 Å². The number of benzene rings is 2. The molecular formula is C22H24N2O3. The van der Waals surface area contributed by atoms with Gasteiger partial charge in [-0.05, 0) is 51.6 Å². The highest BCUT2D eigenvalue weighted by molar-refractivity contribution is 5.96. The number of aromatic nitrogens is 1. The smallest absolute Gasteiger partial charge is 0.419 e. The molecule has 3 aromatic rings. The van der Waals surface area contributed by atoms with Gasteiger partial charge in [-0.25, -0.2) is 4.79 Å². The van der Waals surface area contributed by atoms with Gasteiger partial charge < -0.3 is 9.47 Å². The summed E-state index contributed by atoms with van der Waals surface area (Å²) in [5.74, 6) is 1.60. The summed E-state index contributed by atoms with van der Waals surface area (Å²) in [7, 11) is 2.07. The fourth-order valence-corrected chi connectivity index (χ4v) is 3.49. The van der Waals surface area contributed by atoms with E-state index in [9.17, 15) is 4.79 Å². The number of hydrogen-bond acceptors (Lipinski definition) is 4. The Morgan fingerprint density at radius 2 is 1.70 bits per heavy atom. The molecule has 140 valence electrons. The molecule has 5 nitrogen and oxygen atoms in total. The SMILES string of the molecule is CN1Cc2ccccc2Oc2cccc3c2c(cn3C(=O)OC(C)(C)C)C1. The number of para-hydroxylation sites is 1. The van der Waals surface area contributed by atoms with E-state index in [1.807, 2.05) is 63.4 Å². The van der Waals surface area contributed by atoms with Crippen LogP contribution in [0.2, 0.25) is 0 Å². The average Bonchev–Trinajstić information content (AvgIpc) is 2.96. The number of ether oxygens (including phenoxy) is 2. The van der Waals surface area contributed by atoms with Crippen LogP contribution in [0, 0.1) is 0 Å². The molecule has 27 heavy (non-hydrogen) atoms. The molecule has 0 fully saturated rings. The third kappa shape index (κ3) is 3.43. The van der Waals surface area contributed by atoms with Crippen molar-refractivity contribution in [3.8, 4) is 11.5 Å². The van der Waals surface area contributed by atoms with Gasteiger partial charge in [-0.3, -0.25) is 9.47 Å². The molecule has 0 radical (unpaired) electrons. The highest BCUT2D eigenvalue weighted by Crippen LogP contribution is 2.37. The standard InChI is InChI=1S/C22H24N2O3/c1-22(2,3)27-21(25)24-14-16-13-23(4)12-15-8-5-6-10-18(15)26-19-11-7-9-17(24)20(16)19/h5-11,14H,12-13H2,1-4H3. The van der Waals surface area contributed by atoms with Crippen LogP contribution in [0.4, 0.5) is 4.79 Å². The van der Waals surface area contributed by atoms with Crippen LogP contribution in [0.5, 0.6) is 11.5 Å². The minimum atomic E-state index is -0.552. The van der Waals surface area contributed by atoms with Gasteiger partial charge in [-0.15, -0.1) is 0 Å². The Bertz CT molecular complexity index is 1010. The summed E-state index contributed by atoms with van der Waals surface area (Å²) in [6.45, 7) is 7.09. The van der Waals surface area contributed by atoms with Gasteiger partial charge >= 0.3 is 6.09 Å². The van der Waals surface area contributed by atoms with E-state index in [1.165, 1.54) is 0 Å². The zero-order chi connectivity index (χ0) is 19.2. The molecule has 4 rings (SSSR count). The van der Waals surface area contributed by atoms with Crippen molar-refractivity contribution in [3.05, 3.63) is 59.8 Å². The van der Waals surface area contributed by atoms with Gasteiger partial charge in [0.15, 0.2) is 0 Å². The van der Waals surface area contributed by atoms with Crippen LogP contribution >= 0.6 is 0 Å². The van der Waals surface area contributed by atoms with Gasteiger partial charge in [0, 0.05) is 30.2 Å². The highest BCUT2D eigenvalue weighted by Gasteiger charge is 2.24. The maximum atomic E-state index is 12.7. The van der Waals surface area contributed by atoms with Crippen LogP contribution in [0.1, 0.15) is 31.9 Å². The number of nitrogens with zero attached hydrogens (tertiary/aromatic N) is 2. The van der Waals surface area contributed by atoms with Gasteiger partial charge in [0.25, 0.3) is 0 Å². The number of hydrogen-bond donors (Lipinski definition) is 0. The van der Waals surface area contributed by atoms with E-state index in [2.05, 4.69) is 18.0 Å². The topological polar surface area (TPSA) is 43.7 Å². The Morgan fingerprint density at radius 3 is 2.48 bits per heavy atom. The van der Waals surface area contributed by atoms with Gasteiger partial charge in [0.2, 0.25) is 0 Å². The normalized spacial score (nSPS) is 14.7. The van der Waals surface area contributed by atoms with Crippen LogP contribution in [-0.4, -0.2) is 28.2 Å². The summed E-state index contributed by atoms with van der Waals surface area (Å²) in [5, 5.41) is 0.951. The molecular weight excluding hydrogens is 340 g/mol. The summed E-state index contributed by atoms with van der Waals surface area (Å²) >= 11 is 0. The summed E-state index contributed by atoms with van der Waals surface area (Å²) < 4.78 is 13.5. The molecule has 0 atom stereocenters. The van der Waals surface area contributed by atoms with Gasteiger partial charge in [0.05, 0.1) is 5.52 Å². The van der Waals surface area contributed by atoms with Gasteiger partial charge in [0.1, 0.15) is 17.1 Å². The van der Waals surface area contributed by atoms with Crippen LogP contribution in [0.25, 0.3) is 10.9 Å². The van der Waals surface area contributed by atoms with Crippen molar-refractivity contribution in [1.29, 1.82) is 0 Å². The Morgan fingerprint density at radius 1 is 1.00 bits per heavy atom. The predicted octanol–water partition coefficient (Wildman–Crippen LogP) is 5.16. The van der Waals surface area contributed by atoms with Crippen molar-refractivity contribution in [2.75, 3.05) is 7.05 Å². The monoisotopic (exact) mass is 364 g/mol. The van der Waals surface area contributed by atoms with E-state index < -0.39 is 5.60 Å². The maximum Gasteiger partial charge on any atom is 0.419 e. The van der Waals surface area contributed by atoms with E-state index in [0.717, 1.165) is 40.1 Å². The van der Waals surface area contributed by atoms with Crippen molar-refractivity contribution in [1.82, 2.24) is 9.47 Å². The molecule has 0 amide bonds. The summed E-state index contributed by atoms with van der Waals surface area (Å²) in [6.07, 6.45) is 1.49. The van der Waals surface area contributed by atoms with Gasteiger partial charge in [-0.1, -0.05) is 24.3 Å². The van der Waals surface area contributed by atoms with Crippen LogP contribution in [-0.2, 0) is 17.8 Å². The Balaban J connectivity index is 1.88. The van der Waals surface area contributed by atoms with Gasteiger partial charge in [-0.2, -0.15) is 0 Å². The second-order valence-electron chi connectivity index (χ2n) is 8.04. The fraction of sp³-hybridized carbons (Fsp3) is 0.318. The van der Waals surface area contributed by atoms with E-state index in [-0.39, 0.29) is 6.09 Å². The molecule has 0 saturated carbocycles. The average molecular weight is 364 g/mol. The molecule has 0 saturated heterocycles. The van der Waals surface area contributed by atoms with E-state index >= 15 is 0 Å². The van der Waals surface area contributed by atoms with Crippen molar-refractivity contribution in [2.24, 2.45) is 0 Å². The molecule has 2 aromatic carbocycles. The van der Waals surface area contributed by atoms with Crippen molar-refractivity contribution in [3.63, 3.8) is 0 Å². The first-order valence-electron chi connectivity index (χ1n) is 9.12. The molecule has 0 bridgehead atoms. The second-order valence-corrected chi connectivity index (χ2v) is 8.04. The zero-order valence-corrected chi connectivity index (χ0v) is 16.2. The van der Waals surface area contributed by atoms with Crippen molar-refractivity contribution in [2.45, 2.75) is 39.5 Å². The zero-order valence-electron chi connectivity index (χ0n) is 16.2. The first-order chi connectivity index (χ1) is 12.8. The molecule has 1 aliphatic heterocycles. The largest absolute Gasteiger partial charge is 0.456 e. The quantitative estimate of drug-likeness (QED) is 0.552. The number of carbonyl (C=O) groups is 1. The maximum absolute atomic E-state index is 12.7. The van der Waals surface area contributed by atoms with E-state index in [4.69, 9.17) is 9.47 Å². The van der Waals surface area contributed by atoms with Crippen LogP contribution in [0.15, 0.2) is 48.7 Å². The van der Waals surface area contributed by atoms with Crippen LogP contribution < -0.4 is 4.74 Å². The Labute approximate surface area is 159 Å². The fourth-order valence-electron chi connectivity index (χ4n) is 3.49. The highest BCUT2D eigenvalue weighted by atomic mass is 16.6. The molecule has 5 heteroatoms. The number of fused-ring (bicyclic) bond motifs is 1. The van der Waals surface area contributed by atoms with Crippen LogP contribution in [0.3, 0.4) is 0 Å². The first kappa shape index (κ1) is 17.6. The molecule has 0 unspecified atom stereocenters. The third-order valence-electron chi connectivity index (χ3n) is 4.53. The lowest BCUT2D eigenvalue weighted by Crippen LogP contribution is -2.26. The molecule has 0 N–H and O–H groups in total. The molecule has 2 heterocycles. The third-order valence-corrected chi connectivity index (χ3v) is 4.53. The first-order valence-corrected chi connectivity index (χ1v) is 9.12. The molecule has 1 aromatic heterocycles. The minimum Gasteiger partial charge on any atom is -0.456 e. The lowest BCUT2D eigenvalue weighted by molar-refractivity contribution is 0.0544. The Kier molecular flexibility index (Phi) is 4.19. The summed E-state index contributed by atoms with van der Waals surface area (Å²) in [5.41, 5.74) is 2.43. The summed E-state index contributed by atoms with van der Waals surface area (Å²) in [4.78, 5) is 15.0. The van der Waals surface area contributed by atoms with E-state index in [0.29, 0.717) is 6.54 Å². The predicted molar refractivity (Wildman–Crippen MR) is 105 cm³/mol. The lowest BCUT2D eigenvalue weighted by Gasteiger charge is -2.20.